The van der Waals surface area contributed by atoms with Crippen molar-refractivity contribution in [1.29, 1.82) is 0 Å². The van der Waals surface area contributed by atoms with E-state index in [9.17, 15) is 4.79 Å². The van der Waals surface area contributed by atoms with Gasteiger partial charge in [-0.2, -0.15) is 5.10 Å². The molecule has 5 heteroatoms. The van der Waals surface area contributed by atoms with Crippen LogP contribution in [0.25, 0.3) is 0 Å². The molecule has 0 unspecified atom stereocenters. The summed E-state index contributed by atoms with van der Waals surface area (Å²) in [7, 11) is 0. The van der Waals surface area contributed by atoms with Gasteiger partial charge in [0.15, 0.2) is 0 Å². The summed E-state index contributed by atoms with van der Waals surface area (Å²) < 4.78 is 0. The molecule has 2 rings (SSSR count). The van der Waals surface area contributed by atoms with Crippen LogP contribution in [0.2, 0.25) is 10.0 Å². The maximum Gasteiger partial charge on any atom is 0.271 e. The summed E-state index contributed by atoms with van der Waals surface area (Å²) in [5, 5.41) is 4.85. The van der Waals surface area contributed by atoms with Gasteiger partial charge >= 0.3 is 0 Å². The molecule has 0 saturated heterocycles. The zero-order valence-corrected chi connectivity index (χ0v) is 13.8. The van der Waals surface area contributed by atoms with E-state index in [1.807, 2.05) is 12.1 Å². The molecule has 22 heavy (non-hydrogen) atoms. The van der Waals surface area contributed by atoms with Crippen LogP contribution in [-0.4, -0.2) is 12.1 Å². The van der Waals surface area contributed by atoms with Crippen LogP contribution in [-0.2, 0) is 0 Å². The van der Waals surface area contributed by atoms with Crippen molar-refractivity contribution in [2.75, 3.05) is 0 Å². The molecule has 0 fully saturated rings. The summed E-state index contributed by atoms with van der Waals surface area (Å²) in [6, 6.07) is 12.6. The van der Waals surface area contributed by atoms with Gasteiger partial charge in [0, 0.05) is 5.56 Å². The predicted molar refractivity (Wildman–Crippen MR) is 92.1 cm³/mol. The molecule has 2 aromatic carbocycles. The van der Waals surface area contributed by atoms with Crippen molar-refractivity contribution in [2.45, 2.75) is 19.8 Å². The van der Waals surface area contributed by atoms with Gasteiger partial charge in [0.05, 0.1) is 16.3 Å². The highest BCUT2D eigenvalue weighted by Gasteiger charge is 2.05. The van der Waals surface area contributed by atoms with Crippen LogP contribution < -0.4 is 5.43 Å². The lowest BCUT2D eigenvalue weighted by Crippen LogP contribution is -2.17. The minimum absolute atomic E-state index is 0.258. The summed E-state index contributed by atoms with van der Waals surface area (Å²) in [5.74, 6) is 0.177. The zero-order chi connectivity index (χ0) is 16.1. The molecule has 0 bridgehead atoms. The van der Waals surface area contributed by atoms with Crippen molar-refractivity contribution in [3.8, 4) is 0 Å². The zero-order valence-electron chi connectivity index (χ0n) is 12.3. The molecule has 0 radical (unpaired) electrons. The SMILES string of the molecule is CC(C)c1ccc(C(=O)N/N=C/c2ccc(Cl)c(Cl)c2)cc1. The highest BCUT2D eigenvalue weighted by atomic mass is 35.5. The van der Waals surface area contributed by atoms with Gasteiger partial charge in [0.1, 0.15) is 0 Å². The Hall–Kier alpha value is -1.84. The van der Waals surface area contributed by atoms with E-state index in [1.54, 1.807) is 30.3 Å². The molecule has 0 spiro atoms. The summed E-state index contributed by atoms with van der Waals surface area (Å²) in [5.41, 5.74) is 5.00. The summed E-state index contributed by atoms with van der Waals surface area (Å²) in [6.45, 7) is 4.22. The second-order valence-electron chi connectivity index (χ2n) is 5.15. The molecular formula is C17H16Cl2N2O. The number of nitrogens with one attached hydrogen (secondary N) is 1. The van der Waals surface area contributed by atoms with Crippen molar-refractivity contribution in [2.24, 2.45) is 5.10 Å². The molecule has 0 saturated carbocycles. The van der Waals surface area contributed by atoms with Gasteiger partial charge in [-0.1, -0.05) is 55.2 Å². The Balaban J connectivity index is 1.99. The molecule has 0 aromatic heterocycles. The third kappa shape index (κ3) is 4.33. The average molecular weight is 335 g/mol. The van der Waals surface area contributed by atoms with E-state index < -0.39 is 0 Å². The number of benzene rings is 2. The van der Waals surface area contributed by atoms with E-state index in [0.717, 1.165) is 5.56 Å². The monoisotopic (exact) mass is 334 g/mol. The molecule has 1 amide bonds. The maximum atomic E-state index is 12.0. The number of carbonyl (C=O) groups excluding carboxylic acids is 1. The van der Waals surface area contributed by atoms with E-state index in [0.29, 0.717) is 21.5 Å². The van der Waals surface area contributed by atoms with Gasteiger partial charge in [-0.15, -0.1) is 0 Å². The maximum absolute atomic E-state index is 12.0. The Morgan fingerprint density at radius 1 is 1.09 bits per heavy atom. The molecule has 0 aliphatic carbocycles. The Bertz CT molecular complexity index is 694. The minimum atomic E-state index is -0.258. The van der Waals surface area contributed by atoms with Gasteiger partial charge in [-0.25, -0.2) is 5.43 Å². The molecule has 0 atom stereocenters. The number of halogens is 2. The summed E-state index contributed by atoms with van der Waals surface area (Å²) in [4.78, 5) is 12.0. The standard InChI is InChI=1S/C17H16Cl2N2O/c1-11(2)13-4-6-14(7-5-13)17(22)21-20-10-12-3-8-15(18)16(19)9-12/h3-11H,1-2H3,(H,21,22)/b20-10+. The van der Waals surface area contributed by atoms with Crippen molar-refractivity contribution in [1.82, 2.24) is 5.43 Å². The fourth-order valence-corrected chi connectivity index (χ4v) is 2.15. The average Bonchev–Trinajstić information content (AvgIpc) is 2.51. The molecule has 2 aromatic rings. The normalized spacial score (nSPS) is 11.1. The molecule has 114 valence electrons. The molecule has 1 N–H and O–H groups in total. The molecule has 0 aliphatic heterocycles. The topological polar surface area (TPSA) is 41.5 Å². The predicted octanol–water partition coefficient (Wildman–Crippen LogP) is 4.88. The van der Waals surface area contributed by atoms with Gasteiger partial charge in [0.25, 0.3) is 5.91 Å². The summed E-state index contributed by atoms with van der Waals surface area (Å²) in [6.07, 6.45) is 1.52. The Morgan fingerprint density at radius 2 is 1.77 bits per heavy atom. The first-order chi connectivity index (χ1) is 10.5. The van der Waals surface area contributed by atoms with E-state index in [2.05, 4.69) is 24.4 Å². The van der Waals surface area contributed by atoms with Crippen LogP contribution >= 0.6 is 23.2 Å². The highest BCUT2D eigenvalue weighted by Crippen LogP contribution is 2.21. The van der Waals surface area contributed by atoms with Crippen molar-refractivity contribution in [3.63, 3.8) is 0 Å². The first-order valence-corrected chi connectivity index (χ1v) is 7.61. The molecule has 0 heterocycles. The second-order valence-corrected chi connectivity index (χ2v) is 5.96. The third-order valence-corrected chi connectivity index (χ3v) is 3.90. The number of hydrogen-bond donors (Lipinski definition) is 1. The summed E-state index contributed by atoms with van der Waals surface area (Å²) >= 11 is 11.7. The third-order valence-electron chi connectivity index (χ3n) is 3.16. The molecular weight excluding hydrogens is 319 g/mol. The van der Waals surface area contributed by atoms with Crippen LogP contribution in [0.15, 0.2) is 47.6 Å². The van der Waals surface area contributed by atoms with Gasteiger partial charge in [-0.05, 0) is 41.3 Å². The fourth-order valence-electron chi connectivity index (χ4n) is 1.84. The molecule has 0 aliphatic rings. The number of rotatable bonds is 4. The van der Waals surface area contributed by atoms with E-state index in [4.69, 9.17) is 23.2 Å². The minimum Gasteiger partial charge on any atom is -0.267 e. The Kier molecular flexibility index (Phi) is 5.58. The van der Waals surface area contributed by atoms with Crippen LogP contribution in [0.1, 0.15) is 41.3 Å². The lowest BCUT2D eigenvalue weighted by Gasteiger charge is -2.06. The smallest absolute Gasteiger partial charge is 0.267 e. The van der Waals surface area contributed by atoms with E-state index >= 15 is 0 Å². The van der Waals surface area contributed by atoms with Crippen LogP contribution in [0.3, 0.4) is 0 Å². The number of hydrogen-bond acceptors (Lipinski definition) is 2. The Morgan fingerprint density at radius 3 is 2.36 bits per heavy atom. The quantitative estimate of drug-likeness (QED) is 0.628. The van der Waals surface area contributed by atoms with Crippen LogP contribution in [0.5, 0.6) is 0 Å². The largest absolute Gasteiger partial charge is 0.271 e. The first-order valence-electron chi connectivity index (χ1n) is 6.86. The lowest BCUT2D eigenvalue weighted by atomic mass is 10.0. The highest BCUT2D eigenvalue weighted by molar-refractivity contribution is 6.42. The number of nitrogens with zero attached hydrogens (tertiary/aromatic N) is 1. The van der Waals surface area contributed by atoms with Gasteiger partial charge in [-0.3, -0.25) is 4.79 Å². The molecule has 3 nitrogen and oxygen atoms in total. The fraction of sp³-hybridized carbons (Fsp3) is 0.176. The second kappa shape index (κ2) is 7.43. The van der Waals surface area contributed by atoms with Gasteiger partial charge in [0.2, 0.25) is 0 Å². The number of amides is 1. The van der Waals surface area contributed by atoms with Crippen LogP contribution in [0.4, 0.5) is 0 Å². The van der Waals surface area contributed by atoms with E-state index in [-0.39, 0.29) is 5.91 Å². The van der Waals surface area contributed by atoms with Crippen molar-refractivity contribution >= 4 is 35.3 Å². The van der Waals surface area contributed by atoms with E-state index in [1.165, 1.54) is 11.8 Å². The number of carbonyl (C=O) groups is 1. The number of hydrazone groups is 1. The lowest BCUT2D eigenvalue weighted by molar-refractivity contribution is 0.0955. The Labute approximate surface area is 139 Å². The van der Waals surface area contributed by atoms with Crippen molar-refractivity contribution in [3.05, 3.63) is 69.2 Å². The first kappa shape index (κ1) is 16.5. The van der Waals surface area contributed by atoms with Crippen molar-refractivity contribution < 1.29 is 4.79 Å². The van der Waals surface area contributed by atoms with Crippen LogP contribution in [0, 0.1) is 0 Å². The van der Waals surface area contributed by atoms with Gasteiger partial charge < -0.3 is 0 Å².